The standard InChI is InChI=1S/C20H23NO5S/c1-15(2)21(13-16-9-5-4-6-10-16)19(22)14-26-20(23)17-11-7-8-12-18(17)27(3,24)25/h4-12,15H,13-14H2,1-3H3. The fourth-order valence-electron chi connectivity index (χ4n) is 2.59. The van der Waals surface area contributed by atoms with E-state index in [2.05, 4.69) is 0 Å². The van der Waals surface area contributed by atoms with Crippen LogP contribution < -0.4 is 0 Å². The lowest BCUT2D eigenvalue weighted by atomic mass is 10.2. The van der Waals surface area contributed by atoms with Crippen molar-refractivity contribution in [3.05, 3.63) is 65.7 Å². The molecule has 2 aromatic carbocycles. The molecular weight excluding hydrogens is 366 g/mol. The van der Waals surface area contributed by atoms with Gasteiger partial charge in [-0.25, -0.2) is 13.2 Å². The maximum atomic E-state index is 12.5. The molecule has 0 aliphatic rings. The van der Waals surface area contributed by atoms with Gasteiger partial charge in [-0.1, -0.05) is 42.5 Å². The van der Waals surface area contributed by atoms with Crippen LogP contribution in [0.4, 0.5) is 0 Å². The number of benzene rings is 2. The van der Waals surface area contributed by atoms with E-state index in [1.165, 1.54) is 18.2 Å². The minimum Gasteiger partial charge on any atom is -0.452 e. The molecule has 0 radical (unpaired) electrons. The highest BCUT2D eigenvalue weighted by molar-refractivity contribution is 7.90. The van der Waals surface area contributed by atoms with Crippen LogP contribution in [0.3, 0.4) is 0 Å². The lowest BCUT2D eigenvalue weighted by Gasteiger charge is -2.26. The number of ether oxygens (including phenoxy) is 1. The topological polar surface area (TPSA) is 80.8 Å². The van der Waals surface area contributed by atoms with Crippen LogP contribution in [0.5, 0.6) is 0 Å². The van der Waals surface area contributed by atoms with Gasteiger partial charge in [0.15, 0.2) is 16.4 Å². The van der Waals surface area contributed by atoms with E-state index >= 15 is 0 Å². The molecule has 0 aromatic heterocycles. The van der Waals surface area contributed by atoms with E-state index in [0.717, 1.165) is 11.8 Å². The number of hydrogen-bond donors (Lipinski definition) is 0. The molecule has 0 heterocycles. The van der Waals surface area contributed by atoms with Crippen LogP contribution in [-0.4, -0.2) is 44.1 Å². The minimum absolute atomic E-state index is 0.0769. The van der Waals surface area contributed by atoms with Crippen LogP contribution in [-0.2, 0) is 25.9 Å². The third-order valence-electron chi connectivity index (χ3n) is 3.97. The van der Waals surface area contributed by atoms with Crippen molar-refractivity contribution in [2.45, 2.75) is 31.3 Å². The molecule has 2 aromatic rings. The molecule has 0 N–H and O–H groups in total. The van der Waals surface area contributed by atoms with Gasteiger partial charge < -0.3 is 9.64 Å². The number of amides is 1. The normalized spacial score (nSPS) is 11.3. The summed E-state index contributed by atoms with van der Waals surface area (Å²) in [5.41, 5.74) is 0.889. The fraction of sp³-hybridized carbons (Fsp3) is 0.300. The van der Waals surface area contributed by atoms with E-state index in [1.807, 2.05) is 44.2 Å². The predicted octanol–water partition coefficient (Wildman–Crippen LogP) is 2.68. The predicted molar refractivity (Wildman–Crippen MR) is 102 cm³/mol. The Morgan fingerprint density at radius 2 is 1.59 bits per heavy atom. The first-order chi connectivity index (χ1) is 12.7. The summed E-state index contributed by atoms with van der Waals surface area (Å²) in [6.07, 6.45) is 1.02. The average Bonchev–Trinajstić information content (AvgIpc) is 2.63. The maximum absolute atomic E-state index is 12.5. The molecule has 0 fully saturated rings. The molecule has 6 nitrogen and oxygen atoms in total. The second-order valence-electron chi connectivity index (χ2n) is 6.45. The molecule has 0 aliphatic carbocycles. The molecule has 7 heteroatoms. The lowest BCUT2D eigenvalue weighted by Crippen LogP contribution is -2.39. The highest BCUT2D eigenvalue weighted by Gasteiger charge is 2.22. The molecule has 0 saturated heterocycles. The number of sulfone groups is 1. The van der Waals surface area contributed by atoms with Gasteiger partial charge in [0.05, 0.1) is 10.5 Å². The van der Waals surface area contributed by atoms with Gasteiger partial charge in [-0.15, -0.1) is 0 Å². The molecule has 2 rings (SSSR count). The van der Waals surface area contributed by atoms with Crippen LogP contribution in [0.25, 0.3) is 0 Å². The molecule has 0 bridgehead atoms. The van der Waals surface area contributed by atoms with Gasteiger partial charge in [0.1, 0.15) is 0 Å². The van der Waals surface area contributed by atoms with Gasteiger partial charge in [-0.05, 0) is 31.5 Å². The highest BCUT2D eigenvalue weighted by atomic mass is 32.2. The Bertz CT molecular complexity index is 907. The molecule has 144 valence electrons. The van der Waals surface area contributed by atoms with E-state index < -0.39 is 22.4 Å². The smallest absolute Gasteiger partial charge is 0.339 e. The van der Waals surface area contributed by atoms with Crippen LogP contribution in [0.15, 0.2) is 59.5 Å². The van der Waals surface area contributed by atoms with E-state index in [1.54, 1.807) is 11.0 Å². The average molecular weight is 389 g/mol. The first-order valence-electron chi connectivity index (χ1n) is 8.49. The lowest BCUT2D eigenvalue weighted by molar-refractivity contribution is -0.136. The van der Waals surface area contributed by atoms with E-state index in [0.29, 0.717) is 6.54 Å². The van der Waals surface area contributed by atoms with Crippen molar-refractivity contribution in [2.75, 3.05) is 12.9 Å². The highest BCUT2D eigenvalue weighted by Crippen LogP contribution is 2.16. The minimum atomic E-state index is -3.58. The Balaban J connectivity index is 2.08. The van der Waals surface area contributed by atoms with Crippen molar-refractivity contribution in [3.63, 3.8) is 0 Å². The summed E-state index contributed by atoms with van der Waals surface area (Å²) in [6, 6.07) is 15.2. The Morgan fingerprint density at radius 3 is 2.19 bits per heavy atom. The SMILES string of the molecule is CC(C)N(Cc1ccccc1)C(=O)COC(=O)c1ccccc1S(C)(=O)=O. The van der Waals surface area contributed by atoms with Crippen molar-refractivity contribution in [1.82, 2.24) is 4.90 Å². The quantitative estimate of drug-likeness (QED) is 0.680. The molecule has 0 unspecified atom stereocenters. The van der Waals surface area contributed by atoms with E-state index in [9.17, 15) is 18.0 Å². The summed E-state index contributed by atoms with van der Waals surface area (Å²) >= 11 is 0. The van der Waals surface area contributed by atoms with E-state index in [4.69, 9.17) is 4.74 Å². The molecule has 0 saturated carbocycles. The summed E-state index contributed by atoms with van der Waals surface area (Å²) in [5, 5.41) is 0. The van der Waals surface area contributed by atoms with Crippen molar-refractivity contribution in [1.29, 1.82) is 0 Å². The molecule has 27 heavy (non-hydrogen) atoms. The van der Waals surface area contributed by atoms with Crippen molar-refractivity contribution in [2.24, 2.45) is 0 Å². The monoisotopic (exact) mass is 389 g/mol. The van der Waals surface area contributed by atoms with Crippen molar-refractivity contribution in [3.8, 4) is 0 Å². The molecule has 0 aliphatic heterocycles. The zero-order valence-corrected chi connectivity index (χ0v) is 16.4. The number of carbonyl (C=O) groups is 2. The summed E-state index contributed by atoms with van der Waals surface area (Å²) in [4.78, 5) is 26.3. The number of esters is 1. The Hall–Kier alpha value is -2.67. The number of hydrogen-bond acceptors (Lipinski definition) is 5. The molecular formula is C20H23NO5S. The summed E-state index contributed by atoms with van der Waals surface area (Å²) in [5.74, 6) is -1.19. The van der Waals surface area contributed by atoms with Crippen molar-refractivity contribution < 1.29 is 22.7 Å². The molecule has 1 amide bonds. The largest absolute Gasteiger partial charge is 0.452 e. The Labute approximate surface area is 159 Å². The van der Waals surface area contributed by atoms with Crippen LogP contribution in [0.1, 0.15) is 29.8 Å². The molecule has 0 atom stereocenters. The Morgan fingerprint density at radius 1 is 1.00 bits per heavy atom. The number of carbonyl (C=O) groups excluding carboxylic acids is 2. The summed E-state index contributed by atoms with van der Waals surface area (Å²) < 4.78 is 28.7. The number of rotatable bonds is 7. The first kappa shape index (κ1) is 20.6. The van der Waals surface area contributed by atoms with Gasteiger partial charge in [0, 0.05) is 18.8 Å². The van der Waals surface area contributed by atoms with Crippen LogP contribution in [0.2, 0.25) is 0 Å². The van der Waals surface area contributed by atoms with Gasteiger partial charge >= 0.3 is 5.97 Å². The molecule has 0 spiro atoms. The van der Waals surface area contributed by atoms with Gasteiger partial charge in [0.25, 0.3) is 5.91 Å². The van der Waals surface area contributed by atoms with Crippen molar-refractivity contribution >= 4 is 21.7 Å². The van der Waals surface area contributed by atoms with Crippen LogP contribution >= 0.6 is 0 Å². The third kappa shape index (κ3) is 5.65. The van der Waals surface area contributed by atoms with Gasteiger partial charge in [0.2, 0.25) is 0 Å². The summed E-state index contributed by atoms with van der Waals surface area (Å²) in [6.45, 7) is 3.69. The Kier molecular flexibility index (Phi) is 6.74. The zero-order valence-electron chi connectivity index (χ0n) is 15.6. The van der Waals surface area contributed by atoms with Gasteiger partial charge in [-0.3, -0.25) is 4.79 Å². The summed E-state index contributed by atoms with van der Waals surface area (Å²) in [7, 11) is -3.58. The fourth-order valence-corrected chi connectivity index (χ4v) is 3.46. The third-order valence-corrected chi connectivity index (χ3v) is 5.13. The van der Waals surface area contributed by atoms with Gasteiger partial charge in [-0.2, -0.15) is 0 Å². The maximum Gasteiger partial charge on any atom is 0.339 e. The number of nitrogens with zero attached hydrogens (tertiary/aromatic N) is 1. The zero-order chi connectivity index (χ0) is 20.0. The van der Waals surface area contributed by atoms with E-state index in [-0.39, 0.29) is 22.4 Å². The van der Waals surface area contributed by atoms with Crippen LogP contribution in [0, 0.1) is 0 Å². The first-order valence-corrected chi connectivity index (χ1v) is 10.4. The second-order valence-corrected chi connectivity index (χ2v) is 8.43. The second kappa shape index (κ2) is 8.81.